The molecule has 0 radical (unpaired) electrons. The van der Waals surface area contributed by atoms with Gasteiger partial charge in [-0.2, -0.15) is 5.10 Å². The van der Waals surface area contributed by atoms with Gasteiger partial charge in [-0.25, -0.2) is 9.78 Å². The number of carbonyl (C=O) groups excluding carboxylic acids is 2. The minimum absolute atomic E-state index is 0.0581. The zero-order valence-electron chi connectivity index (χ0n) is 16.5. The summed E-state index contributed by atoms with van der Waals surface area (Å²) in [5, 5.41) is 5.03. The number of hydrogen-bond donors (Lipinski definition) is 0. The second-order valence-electron chi connectivity index (χ2n) is 6.95. The SMILES string of the molecule is CCOC(=O)N1CCN(C(=O)c2cc(-c3cnn(C)c3)nc3ccccc23)CC1. The lowest BCUT2D eigenvalue weighted by Gasteiger charge is -2.34. The third-order valence-corrected chi connectivity index (χ3v) is 5.04. The van der Waals surface area contributed by atoms with Crippen molar-refractivity contribution in [3.05, 3.63) is 48.3 Å². The van der Waals surface area contributed by atoms with Crippen molar-refractivity contribution in [2.45, 2.75) is 6.92 Å². The number of nitrogens with zero attached hydrogens (tertiary/aromatic N) is 5. The van der Waals surface area contributed by atoms with Gasteiger partial charge in [0.05, 0.1) is 29.6 Å². The van der Waals surface area contributed by atoms with Crippen molar-refractivity contribution in [2.75, 3.05) is 32.8 Å². The van der Waals surface area contributed by atoms with Crippen molar-refractivity contribution in [1.29, 1.82) is 0 Å². The minimum Gasteiger partial charge on any atom is -0.450 e. The van der Waals surface area contributed by atoms with Gasteiger partial charge in [-0.3, -0.25) is 9.48 Å². The molecule has 1 aromatic carbocycles. The van der Waals surface area contributed by atoms with E-state index in [9.17, 15) is 9.59 Å². The van der Waals surface area contributed by atoms with Gasteiger partial charge < -0.3 is 14.5 Å². The number of aromatic nitrogens is 3. The Morgan fingerprint density at radius 2 is 1.83 bits per heavy atom. The second kappa shape index (κ2) is 7.90. The van der Waals surface area contributed by atoms with Gasteiger partial charge in [-0.05, 0) is 19.1 Å². The maximum absolute atomic E-state index is 13.3. The zero-order chi connectivity index (χ0) is 20.4. The molecule has 8 heteroatoms. The van der Waals surface area contributed by atoms with E-state index >= 15 is 0 Å². The fourth-order valence-corrected chi connectivity index (χ4v) is 3.53. The molecule has 1 aliphatic rings. The number of carbonyl (C=O) groups is 2. The van der Waals surface area contributed by atoms with Crippen LogP contribution in [0.25, 0.3) is 22.2 Å². The first-order valence-electron chi connectivity index (χ1n) is 9.66. The van der Waals surface area contributed by atoms with Gasteiger partial charge in [0.15, 0.2) is 0 Å². The van der Waals surface area contributed by atoms with Crippen molar-refractivity contribution < 1.29 is 14.3 Å². The Morgan fingerprint density at radius 1 is 1.10 bits per heavy atom. The summed E-state index contributed by atoms with van der Waals surface area (Å²) in [7, 11) is 1.85. The summed E-state index contributed by atoms with van der Waals surface area (Å²) in [6.07, 6.45) is 3.29. The molecule has 0 aliphatic carbocycles. The monoisotopic (exact) mass is 393 g/mol. The quantitative estimate of drug-likeness (QED) is 0.683. The van der Waals surface area contributed by atoms with Crippen LogP contribution in [0.5, 0.6) is 0 Å². The van der Waals surface area contributed by atoms with Gasteiger partial charge in [-0.15, -0.1) is 0 Å². The predicted octanol–water partition coefficient (Wildman–Crippen LogP) is 2.55. The summed E-state index contributed by atoms with van der Waals surface area (Å²) >= 11 is 0. The molecule has 2 amide bonds. The van der Waals surface area contributed by atoms with E-state index < -0.39 is 0 Å². The summed E-state index contributed by atoms with van der Waals surface area (Å²) in [6.45, 7) is 3.99. The van der Waals surface area contributed by atoms with E-state index in [1.54, 1.807) is 27.6 Å². The lowest BCUT2D eigenvalue weighted by molar-refractivity contribution is 0.0572. The Labute approximate surface area is 168 Å². The van der Waals surface area contributed by atoms with Crippen molar-refractivity contribution in [3.63, 3.8) is 0 Å². The first-order valence-corrected chi connectivity index (χ1v) is 9.66. The molecule has 4 rings (SSSR count). The van der Waals surface area contributed by atoms with Gasteiger partial charge in [0, 0.05) is 50.4 Å². The van der Waals surface area contributed by atoms with Crippen LogP contribution in [-0.4, -0.2) is 69.4 Å². The molecule has 0 atom stereocenters. The molecule has 1 aliphatic heterocycles. The highest BCUT2D eigenvalue weighted by atomic mass is 16.6. The smallest absolute Gasteiger partial charge is 0.409 e. The van der Waals surface area contributed by atoms with Gasteiger partial charge in [0.25, 0.3) is 5.91 Å². The highest BCUT2D eigenvalue weighted by Gasteiger charge is 2.27. The number of fused-ring (bicyclic) bond motifs is 1. The number of hydrogen-bond acceptors (Lipinski definition) is 5. The summed E-state index contributed by atoms with van der Waals surface area (Å²) in [5.74, 6) is -0.0581. The number of aryl methyl sites for hydroxylation is 1. The van der Waals surface area contributed by atoms with Crippen molar-refractivity contribution in [1.82, 2.24) is 24.6 Å². The largest absolute Gasteiger partial charge is 0.450 e. The molecule has 2 aromatic heterocycles. The third-order valence-electron chi connectivity index (χ3n) is 5.04. The molecule has 29 heavy (non-hydrogen) atoms. The molecule has 3 heterocycles. The average molecular weight is 393 g/mol. The van der Waals surface area contributed by atoms with Crippen molar-refractivity contribution in [2.24, 2.45) is 7.05 Å². The number of rotatable bonds is 3. The maximum Gasteiger partial charge on any atom is 0.409 e. The molecular weight excluding hydrogens is 370 g/mol. The van der Waals surface area contributed by atoms with Crippen molar-refractivity contribution >= 4 is 22.9 Å². The topological polar surface area (TPSA) is 80.6 Å². The Balaban J connectivity index is 1.63. The Morgan fingerprint density at radius 3 is 2.52 bits per heavy atom. The van der Waals surface area contributed by atoms with Crippen LogP contribution in [0, 0.1) is 0 Å². The van der Waals surface area contributed by atoms with Crippen LogP contribution in [-0.2, 0) is 11.8 Å². The highest BCUT2D eigenvalue weighted by molar-refractivity contribution is 6.07. The summed E-state index contributed by atoms with van der Waals surface area (Å²) in [4.78, 5) is 33.4. The number of amides is 2. The normalized spacial score (nSPS) is 14.3. The van der Waals surface area contributed by atoms with Crippen LogP contribution >= 0.6 is 0 Å². The fraction of sp³-hybridized carbons (Fsp3) is 0.333. The van der Waals surface area contributed by atoms with E-state index in [-0.39, 0.29) is 12.0 Å². The van der Waals surface area contributed by atoms with Crippen LogP contribution in [0.3, 0.4) is 0 Å². The second-order valence-corrected chi connectivity index (χ2v) is 6.95. The predicted molar refractivity (Wildman–Crippen MR) is 108 cm³/mol. The molecule has 150 valence electrons. The first kappa shape index (κ1) is 18.9. The first-order chi connectivity index (χ1) is 14.1. The number of para-hydroxylation sites is 1. The Kier molecular flexibility index (Phi) is 5.16. The number of pyridine rings is 1. The zero-order valence-corrected chi connectivity index (χ0v) is 16.5. The van der Waals surface area contributed by atoms with Gasteiger partial charge in [0.1, 0.15) is 0 Å². The van der Waals surface area contributed by atoms with Crippen LogP contribution in [0.15, 0.2) is 42.7 Å². The Bertz CT molecular complexity index is 1050. The highest BCUT2D eigenvalue weighted by Crippen LogP contribution is 2.26. The molecule has 1 saturated heterocycles. The summed E-state index contributed by atoms with van der Waals surface area (Å²) in [5.41, 5.74) is 2.95. The lowest BCUT2D eigenvalue weighted by atomic mass is 10.0. The Hall–Kier alpha value is -3.42. The third kappa shape index (κ3) is 3.78. The summed E-state index contributed by atoms with van der Waals surface area (Å²) < 4.78 is 6.76. The van der Waals surface area contributed by atoms with E-state index in [1.807, 2.05) is 43.6 Å². The average Bonchev–Trinajstić information content (AvgIpc) is 3.19. The van der Waals surface area contributed by atoms with Crippen LogP contribution in [0.4, 0.5) is 4.79 Å². The standard InChI is InChI=1S/C21H23N5O3/c1-3-29-21(28)26-10-8-25(9-11-26)20(27)17-12-19(15-13-22-24(2)14-15)23-18-7-5-4-6-16(17)18/h4-7,12-14H,3,8-11H2,1-2H3. The van der Waals surface area contributed by atoms with E-state index in [0.717, 1.165) is 16.5 Å². The molecule has 0 spiro atoms. The number of piperazine rings is 1. The molecule has 0 bridgehead atoms. The molecule has 0 saturated carbocycles. The van der Waals surface area contributed by atoms with E-state index in [4.69, 9.17) is 9.72 Å². The molecule has 0 unspecified atom stereocenters. The lowest BCUT2D eigenvalue weighted by Crippen LogP contribution is -2.50. The van der Waals surface area contributed by atoms with Crippen LogP contribution < -0.4 is 0 Å². The van der Waals surface area contributed by atoms with Crippen molar-refractivity contribution in [3.8, 4) is 11.3 Å². The maximum atomic E-state index is 13.3. The fourth-order valence-electron chi connectivity index (χ4n) is 3.53. The molecule has 8 nitrogen and oxygen atoms in total. The van der Waals surface area contributed by atoms with Gasteiger partial charge >= 0.3 is 6.09 Å². The van der Waals surface area contributed by atoms with Crippen LogP contribution in [0.1, 0.15) is 17.3 Å². The van der Waals surface area contributed by atoms with Gasteiger partial charge in [0.2, 0.25) is 0 Å². The van der Waals surface area contributed by atoms with Gasteiger partial charge in [-0.1, -0.05) is 18.2 Å². The molecule has 3 aromatic rings. The molecule has 1 fully saturated rings. The summed E-state index contributed by atoms with van der Waals surface area (Å²) in [6, 6.07) is 9.47. The van der Waals surface area contributed by atoms with E-state index in [0.29, 0.717) is 44.0 Å². The number of benzene rings is 1. The van der Waals surface area contributed by atoms with E-state index in [1.165, 1.54) is 0 Å². The van der Waals surface area contributed by atoms with Crippen LogP contribution in [0.2, 0.25) is 0 Å². The molecular formula is C21H23N5O3. The number of ether oxygens (including phenoxy) is 1. The molecule has 0 N–H and O–H groups in total. The minimum atomic E-state index is -0.326. The van der Waals surface area contributed by atoms with E-state index in [2.05, 4.69) is 5.10 Å².